The summed E-state index contributed by atoms with van der Waals surface area (Å²) in [6, 6.07) is 5.57. The first-order valence-corrected chi connectivity index (χ1v) is 12.3. The lowest BCUT2D eigenvalue weighted by molar-refractivity contribution is -0.139. The van der Waals surface area contributed by atoms with Crippen LogP contribution in [0.25, 0.3) is 22.4 Å². The second-order valence-corrected chi connectivity index (χ2v) is 9.63. The molecule has 0 saturated carbocycles. The highest BCUT2D eigenvalue weighted by molar-refractivity contribution is 7.38. The molecule has 0 aliphatic carbocycles. The van der Waals surface area contributed by atoms with Crippen molar-refractivity contribution in [3.8, 4) is 34.9 Å². The number of halogens is 5. The molecule has 2 aromatic carbocycles. The number of aliphatic hydroxyl groups is 1. The van der Waals surface area contributed by atoms with Gasteiger partial charge in [0.2, 0.25) is 5.66 Å². The highest BCUT2D eigenvalue weighted by atomic mass is 31.1. The molecule has 1 heterocycles. The molecule has 12 heteroatoms. The van der Waals surface area contributed by atoms with E-state index in [1.165, 1.54) is 12.1 Å². The van der Waals surface area contributed by atoms with Crippen LogP contribution in [-0.4, -0.2) is 27.1 Å². The first-order chi connectivity index (χ1) is 17.9. The number of nitrogens with zero attached hydrogens (tertiary/aromatic N) is 1. The number of hydrogen-bond acceptors (Lipinski definition) is 5. The fraction of sp³-hybridized carbons (Fsp3) is 0.231. The zero-order valence-electron chi connectivity index (χ0n) is 19.9. The lowest BCUT2D eigenvalue weighted by Gasteiger charge is -2.22. The van der Waals surface area contributed by atoms with E-state index in [4.69, 9.17) is 6.42 Å². The molecular weight excluding hydrogens is 532 g/mol. The third-order valence-electron chi connectivity index (χ3n) is 5.60. The minimum absolute atomic E-state index is 0.0326. The van der Waals surface area contributed by atoms with Crippen molar-refractivity contribution in [3.63, 3.8) is 0 Å². The van der Waals surface area contributed by atoms with E-state index in [9.17, 15) is 41.3 Å². The number of ether oxygens (including phenoxy) is 1. The largest absolute Gasteiger partial charge is 0.516 e. The average Bonchev–Trinajstić information content (AvgIpc) is 2.83. The summed E-state index contributed by atoms with van der Waals surface area (Å²) in [6.45, 7) is 3.12. The number of aliphatic hydroxyl groups excluding tert-OH is 1. The number of rotatable bonds is 8. The van der Waals surface area contributed by atoms with Crippen LogP contribution in [0, 0.1) is 41.6 Å². The Morgan fingerprint density at radius 1 is 1.08 bits per heavy atom. The molecule has 3 atom stereocenters. The fourth-order valence-electron chi connectivity index (χ4n) is 3.96. The third-order valence-corrected chi connectivity index (χ3v) is 6.68. The number of pyridine rings is 1. The van der Waals surface area contributed by atoms with Gasteiger partial charge in [-0.2, -0.15) is 4.89 Å². The molecule has 0 bridgehead atoms. The summed E-state index contributed by atoms with van der Waals surface area (Å²) in [4.78, 5) is 26.3. The standard InChI is InChI=1S/C26H19F5NO5P/c1-4-37-20(34)11-19(33)26(38(35)36)21-15(13-5-7-14(27)8-6-13)9-18(32-25(21)12(2)3)22-23(30)16(28)10-17(29)24(22)31/h1,5-10,12,19,26,33H,11H2,2-3H3/p+1. The van der Waals surface area contributed by atoms with Crippen LogP contribution in [0.4, 0.5) is 22.0 Å². The topological polar surface area (TPSA) is 96.7 Å². The number of aromatic nitrogens is 1. The van der Waals surface area contributed by atoms with Gasteiger partial charge in [-0.15, -0.1) is 0 Å². The SMILES string of the molecule is C#COC(=O)CC(O)C(c1c(-c2ccc(F)cc2)cc(-c2c(F)c(F)cc(F)c2F)nc1C(C)C)[P+](=O)O. The van der Waals surface area contributed by atoms with Gasteiger partial charge in [0.1, 0.15) is 18.0 Å². The van der Waals surface area contributed by atoms with E-state index in [1.807, 2.05) is 0 Å². The molecular formula is C26H20F5NO5P+. The van der Waals surface area contributed by atoms with Crippen molar-refractivity contribution >= 4 is 14.0 Å². The highest BCUT2D eigenvalue weighted by Gasteiger charge is 2.44. The van der Waals surface area contributed by atoms with Crippen molar-refractivity contribution in [2.24, 2.45) is 0 Å². The Morgan fingerprint density at radius 2 is 1.66 bits per heavy atom. The van der Waals surface area contributed by atoms with Gasteiger partial charge in [0.05, 0.1) is 23.4 Å². The van der Waals surface area contributed by atoms with Crippen molar-refractivity contribution in [2.75, 3.05) is 0 Å². The molecule has 3 aromatic rings. The van der Waals surface area contributed by atoms with E-state index in [0.717, 1.165) is 18.2 Å². The molecule has 38 heavy (non-hydrogen) atoms. The van der Waals surface area contributed by atoms with E-state index in [-0.39, 0.29) is 28.5 Å². The molecule has 0 aliphatic rings. The van der Waals surface area contributed by atoms with Gasteiger partial charge in [-0.25, -0.2) is 22.0 Å². The molecule has 3 unspecified atom stereocenters. The summed E-state index contributed by atoms with van der Waals surface area (Å²) in [5.41, 5.74) is -3.54. The molecule has 0 radical (unpaired) electrons. The molecule has 0 spiro atoms. The molecule has 0 saturated heterocycles. The van der Waals surface area contributed by atoms with E-state index >= 15 is 0 Å². The lowest BCUT2D eigenvalue weighted by atomic mass is 9.88. The molecule has 198 valence electrons. The van der Waals surface area contributed by atoms with Gasteiger partial charge in [-0.05, 0) is 39.8 Å². The van der Waals surface area contributed by atoms with Crippen molar-refractivity contribution in [3.05, 3.63) is 76.7 Å². The Balaban J connectivity index is 2.42. The number of carbonyl (C=O) groups is 1. The van der Waals surface area contributed by atoms with Gasteiger partial charge in [0.25, 0.3) is 0 Å². The average molecular weight is 552 g/mol. The van der Waals surface area contributed by atoms with Crippen LogP contribution in [0.3, 0.4) is 0 Å². The summed E-state index contributed by atoms with van der Waals surface area (Å²) in [7, 11) is -3.30. The normalized spacial score (nSPS) is 13.1. The first-order valence-electron chi connectivity index (χ1n) is 11.0. The lowest BCUT2D eigenvalue weighted by Crippen LogP contribution is -2.23. The molecule has 0 aliphatic heterocycles. The summed E-state index contributed by atoms with van der Waals surface area (Å²) in [5, 5.41) is 10.8. The van der Waals surface area contributed by atoms with Gasteiger partial charge in [0, 0.05) is 11.6 Å². The molecule has 2 N–H and O–H groups in total. The molecule has 6 nitrogen and oxygen atoms in total. The summed E-state index contributed by atoms with van der Waals surface area (Å²) in [5.74, 6) is -9.22. The van der Waals surface area contributed by atoms with Crippen LogP contribution < -0.4 is 0 Å². The maximum Gasteiger partial charge on any atom is 0.516 e. The maximum atomic E-state index is 14.7. The van der Waals surface area contributed by atoms with Crippen LogP contribution in [0.15, 0.2) is 36.4 Å². The monoisotopic (exact) mass is 552 g/mol. The zero-order valence-corrected chi connectivity index (χ0v) is 20.8. The van der Waals surface area contributed by atoms with E-state index < -0.39 is 78.4 Å². The predicted molar refractivity (Wildman–Crippen MR) is 127 cm³/mol. The minimum Gasteiger partial charge on any atom is -0.387 e. The van der Waals surface area contributed by atoms with Gasteiger partial charge in [-0.1, -0.05) is 32.4 Å². The van der Waals surface area contributed by atoms with Crippen LogP contribution in [-0.2, 0) is 14.1 Å². The number of esters is 1. The predicted octanol–water partition coefficient (Wildman–Crippen LogP) is 5.90. The van der Waals surface area contributed by atoms with Gasteiger partial charge < -0.3 is 9.84 Å². The van der Waals surface area contributed by atoms with Gasteiger partial charge in [-0.3, -0.25) is 9.78 Å². The van der Waals surface area contributed by atoms with Gasteiger partial charge >= 0.3 is 14.0 Å². The molecule has 0 amide bonds. The number of hydrogen-bond donors (Lipinski definition) is 2. The second kappa shape index (κ2) is 11.8. The highest BCUT2D eigenvalue weighted by Crippen LogP contribution is 2.49. The Labute approximate surface area is 215 Å². The van der Waals surface area contributed by atoms with E-state index in [0.29, 0.717) is 0 Å². The van der Waals surface area contributed by atoms with Crippen LogP contribution in [0.1, 0.15) is 43.1 Å². The Kier molecular flexibility index (Phi) is 8.94. The Hall–Kier alpha value is -3.71. The molecule has 0 fully saturated rings. The number of carbonyl (C=O) groups excluding carboxylic acids is 1. The number of benzene rings is 2. The van der Waals surface area contributed by atoms with Gasteiger partial charge in [0.15, 0.2) is 23.3 Å². The smallest absolute Gasteiger partial charge is 0.387 e. The molecule has 1 aromatic heterocycles. The van der Waals surface area contributed by atoms with Crippen molar-refractivity contribution in [1.29, 1.82) is 0 Å². The van der Waals surface area contributed by atoms with Crippen LogP contribution >= 0.6 is 8.03 Å². The van der Waals surface area contributed by atoms with Crippen molar-refractivity contribution in [1.82, 2.24) is 4.98 Å². The van der Waals surface area contributed by atoms with E-state index in [2.05, 4.69) is 9.72 Å². The summed E-state index contributed by atoms with van der Waals surface area (Å²) in [6.07, 6.45) is 3.87. The summed E-state index contributed by atoms with van der Waals surface area (Å²) >= 11 is 0. The zero-order chi connectivity index (χ0) is 28.3. The first kappa shape index (κ1) is 28.9. The maximum absolute atomic E-state index is 14.7. The van der Waals surface area contributed by atoms with Crippen LogP contribution in [0.2, 0.25) is 0 Å². The summed E-state index contributed by atoms with van der Waals surface area (Å²) < 4.78 is 88.0. The quantitative estimate of drug-likeness (QED) is 0.119. The van der Waals surface area contributed by atoms with Crippen molar-refractivity contribution in [2.45, 2.75) is 37.9 Å². The van der Waals surface area contributed by atoms with Crippen LogP contribution in [0.5, 0.6) is 0 Å². The second-order valence-electron chi connectivity index (χ2n) is 8.47. The Bertz CT molecular complexity index is 1410. The third kappa shape index (κ3) is 5.89. The van der Waals surface area contributed by atoms with Crippen molar-refractivity contribution < 1.29 is 46.0 Å². The number of terminal acetylenes is 1. The minimum atomic E-state index is -3.30. The van der Waals surface area contributed by atoms with E-state index in [1.54, 1.807) is 20.0 Å². The fourth-order valence-corrected chi connectivity index (χ4v) is 4.85. The molecule has 3 rings (SSSR count). The Morgan fingerprint density at radius 3 is 2.16 bits per heavy atom.